The number of nitrogens with one attached hydrogen (secondary N) is 1. The van der Waals surface area contributed by atoms with Crippen molar-refractivity contribution in [3.63, 3.8) is 0 Å². The van der Waals surface area contributed by atoms with Gasteiger partial charge < -0.3 is 16.2 Å². The Morgan fingerprint density at radius 3 is 2.24 bits per heavy atom. The molecule has 0 aliphatic rings. The number of carbonyl (C=O) groups is 1. The molecule has 0 aromatic carbocycles. The zero-order valence-corrected chi connectivity index (χ0v) is 11.8. The minimum atomic E-state index is -0.496. The molecule has 2 unspecified atom stereocenters. The lowest BCUT2D eigenvalue weighted by atomic mass is 9.89. The second-order valence-corrected chi connectivity index (χ2v) is 6.25. The molecule has 0 aromatic heterocycles. The minimum Gasteiger partial charge on any atom is -0.391 e. The molecular weight excluding hydrogens is 216 g/mol. The molecule has 17 heavy (non-hydrogen) atoms. The van der Waals surface area contributed by atoms with Gasteiger partial charge in [0.05, 0.1) is 12.0 Å². The highest BCUT2D eigenvalue weighted by molar-refractivity contribution is 5.79. The van der Waals surface area contributed by atoms with Crippen molar-refractivity contribution in [1.82, 2.24) is 5.32 Å². The minimum absolute atomic E-state index is 0.0598. The molecule has 0 aromatic rings. The predicted molar refractivity (Wildman–Crippen MR) is 70.5 cm³/mol. The zero-order chi connectivity index (χ0) is 13.6. The number of amides is 1. The highest BCUT2D eigenvalue weighted by atomic mass is 16.3. The number of rotatable bonds is 6. The summed E-state index contributed by atoms with van der Waals surface area (Å²) in [5, 5.41) is 12.5. The number of hydrogen-bond acceptors (Lipinski definition) is 3. The van der Waals surface area contributed by atoms with E-state index in [1.807, 2.05) is 13.8 Å². The Labute approximate surface area is 105 Å². The fourth-order valence-electron chi connectivity index (χ4n) is 1.81. The Hall–Kier alpha value is -0.610. The fourth-order valence-corrected chi connectivity index (χ4v) is 1.81. The summed E-state index contributed by atoms with van der Waals surface area (Å²) < 4.78 is 0. The number of nitrogens with two attached hydrogens (primary N) is 1. The molecule has 4 N–H and O–H groups in total. The van der Waals surface area contributed by atoms with Crippen LogP contribution in [0, 0.1) is 17.3 Å². The maximum Gasteiger partial charge on any atom is 0.224 e. The number of aliphatic hydroxyl groups excluding tert-OH is 1. The lowest BCUT2D eigenvalue weighted by Gasteiger charge is -2.24. The highest BCUT2D eigenvalue weighted by Gasteiger charge is 2.22. The van der Waals surface area contributed by atoms with Crippen LogP contribution in [0.3, 0.4) is 0 Å². The zero-order valence-electron chi connectivity index (χ0n) is 11.8. The second-order valence-electron chi connectivity index (χ2n) is 6.25. The molecule has 0 spiro atoms. The highest BCUT2D eigenvalue weighted by Crippen LogP contribution is 2.20. The summed E-state index contributed by atoms with van der Waals surface area (Å²) in [7, 11) is 0. The van der Waals surface area contributed by atoms with E-state index < -0.39 is 6.10 Å². The van der Waals surface area contributed by atoms with Crippen LogP contribution >= 0.6 is 0 Å². The van der Waals surface area contributed by atoms with E-state index in [0.717, 1.165) is 0 Å². The van der Waals surface area contributed by atoms with Crippen molar-refractivity contribution in [3.05, 3.63) is 0 Å². The topological polar surface area (TPSA) is 75.4 Å². The maximum atomic E-state index is 11.8. The molecule has 4 heteroatoms. The molecule has 0 aliphatic heterocycles. The number of carbonyl (C=O) groups excluding carboxylic acids is 1. The van der Waals surface area contributed by atoms with Gasteiger partial charge in [0.15, 0.2) is 0 Å². The molecule has 102 valence electrons. The van der Waals surface area contributed by atoms with Crippen LogP contribution in [-0.4, -0.2) is 30.2 Å². The van der Waals surface area contributed by atoms with Crippen LogP contribution in [0.15, 0.2) is 0 Å². The molecule has 0 heterocycles. The predicted octanol–water partition coefficient (Wildman–Crippen LogP) is 1.13. The Bertz CT molecular complexity index is 234. The van der Waals surface area contributed by atoms with Crippen molar-refractivity contribution in [2.75, 3.05) is 13.1 Å². The summed E-state index contributed by atoms with van der Waals surface area (Å²) in [4.78, 5) is 11.8. The van der Waals surface area contributed by atoms with Crippen LogP contribution in [0.1, 0.15) is 41.0 Å². The van der Waals surface area contributed by atoms with Crippen LogP contribution in [0.25, 0.3) is 0 Å². The number of aliphatic hydroxyl groups is 1. The first kappa shape index (κ1) is 16.4. The SMILES string of the molecule is CC(C)C(CN)C(=O)NCC(O)CC(C)(C)C. The van der Waals surface area contributed by atoms with Crippen molar-refractivity contribution in [3.8, 4) is 0 Å². The Balaban J connectivity index is 4.07. The third-order valence-corrected chi connectivity index (χ3v) is 2.76. The van der Waals surface area contributed by atoms with Gasteiger partial charge in [-0.2, -0.15) is 0 Å². The third-order valence-electron chi connectivity index (χ3n) is 2.76. The van der Waals surface area contributed by atoms with E-state index in [4.69, 9.17) is 5.73 Å². The molecule has 0 rings (SSSR count). The quantitative estimate of drug-likeness (QED) is 0.655. The summed E-state index contributed by atoms with van der Waals surface area (Å²) in [5.74, 6) is -0.00736. The molecule has 1 amide bonds. The second kappa shape index (κ2) is 6.97. The average molecular weight is 244 g/mol. The van der Waals surface area contributed by atoms with E-state index in [0.29, 0.717) is 19.5 Å². The fraction of sp³-hybridized carbons (Fsp3) is 0.923. The van der Waals surface area contributed by atoms with Crippen molar-refractivity contribution < 1.29 is 9.90 Å². The van der Waals surface area contributed by atoms with Crippen LogP contribution in [-0.2, 0) is 4.79 Å². The summed E-state index contributed by atoms with van der Waals surface area (Å²) >= 11 is 0. The van der Waals surface area contributed by atoms with Gasteiger partial charge >= 0.3 is 0 Å². The van der Waals surface area contributed by atoms with Crippen molar-refractivity contribution in [1.29, 1.82) is 0 Å². The summed E-state index contributed by atoms with van der Waals surface area (Å²) in [6, 6.07) is 0. The first-order chi connectivity index (χ1) is 7.67. The maximum absolute atomic E-state index is 11.8. The molecule has 4 nitrogen and oxygen atoms in total. The van der Waals surface area contributed by atoms with Gasteiger partial charge in [-0.3, -0.25) is 4.79 Å². The lowest BCUT2D eigenvalue weighted by molar-refractivity contribution is -0.126. The van der Waals surface area contributed by atoms with Gasteiger partial charge in [0.1, 0.15) is 0 Å². The molecule has 0 saturated carbocycles. The molecular formula is C13H28N2O2. The smallest absolute Gasteiger partial charge is 0.224 e. The molecule has 0 aliphatic carbocycles. The van der Waals surface area contributed by atoms with Gasteiger partial charge in [-0.25, -0.2) is 0 Å². The van der Waals surface area contributed by atoms with Crippen LogP contribution in [0.4, 0.5) is 0 Å². The first-order valence-electron chi connectivity index (χ1n) is 6.33. The summed E-state index contributed by atoms with van der Waals surface area (Å²) in [6.45, 7) is 10.8. The van der Waals surface area contributed by atoms with E-state index in [1.165, 1.54) is 0 Å². The van der Waals surface area contributed by atoms with Gasteiger partial charge in [0.25, 0.3) is 0 Å². The third kappa shape index (κ3) is 7.34. The first-order valence-corrected chi connectivity index (χ1v) is 6.33. The Morgan fingerprint density at radius 1 is 1.35 bits per heavy atom. The van der Waals surface area contributed by atoms with E-state index in [-0.39, 0.29) is 23.2 Å². The lowest BCUT2D eigenvalue weighted by Crippen LogP contribution is -2.41. The normalized spacial score (nSPS) is 15.8. The standard InChI is InChI=1S/C13H28N2O2/c1-9(2)11(7-14)12(17)15-8-10(16)6-13(3,4)5/h9-11,16H,6-8,14H2,1-5H3,(H,15,17). The van der Waals surface area contributed by atoms with Crippen LogP contribution in [0.5, 0.6) is 0 Å². The summed E-state index contributed by atoms with van der Waals surface area (Å²) in [5.41, 5.74) is 5.62. The van der Waals surface area contributed by atoms with E-state index in [2.05, 4.69) is 26.1 Å². The van der Waals surface area contributed by atoms with Crippen LogP contribution < -0.4 is 11.1 Å². The number of hydrogen-bond donors (Lipinski definition) is 3. The van der Waals surface area contributed by atoms with E-state index >= 15 is 0 Å². The van der Waals surface area contributed by atoms with E-state index in [1.54, 1.807) is 0 Å². The van der Waals surface area contributed by atoms with Crippen molar-refractivity contribution in [2.24, 2.45) is 23.0 Å². The van der Waals surface area contributed by atoms with Gasteiger partial charge in [-0.1, -0.05) is 34.6 Å². The molecule has 0 fully saturated rings. The Kier molecular flexibility index (Phi) is 6.72. The van der Waals surface area contributed by atoms with Gasteiger partial charge in [-0.15, -0.1) is 0 Å². The van der Waals surface area contributed by atoms with Crippen LogP contribution in [0.2, 0.25) is 0 Å². The average Bonchev–Trinajstić information content (AvgIpc) is 2.12. The van der Waals surface area contributed by atoms with Crippen molar-refractivity contribution in [2.45, 2.75) is 47.1 Å². The molecule has 0 radical (unpaired) electrons. The van der Waals surface area contributed by atoms with Gasteiger partial charge in [-0.05, 0) is 17.8 Å². The molecule has 0 saturated heterocycles. The van der Waals surface area contributed by atoms with Gasteiger partial charge in [0, 0.05) is 13.1 Å². The Morgan fingerprint density at radius 2 is 1.88 bits per heavy atom. The molecule has 0 bridgehead atoms. The summed E-state index contributed by atoms with van der Waals surface area (Å²) in [6.07, 6.45) is 0.173. The monoisotopic (exact) mass is 244 g/mol. The van der Waals surface area contributed by atoms with Crippen molar-refractivity contribution >= 4 is 5.91 Å². The van der Waals surface area contributed by atoms with E-state index in [9.17, 15) is 9.90 Å². The molecule has 2 atom stereocenters. The largest absolute Gasteiger partial charge is 0.391 e. The van der Waals surface area contributed by atoms with Gasteiger partial charge in [0.2, 0.25) is 5.91 Å².